The highest BCUT2D eigenvalue weighted by molar-refractivity contribution is 5.88. The smallest absolute Gasteiger partial charge is 0.340 e. The van der Waals surface area contributed by atoms with E-state index in [-0.39, 0.29) is 12.3 Å². The molecule has 1 spiro atoms. The van der Waals surface area contributed by atoms with Crippen molar-refractivity contribution in [2.24, 2.45) is 57.7 Å². The van der Waals surface area contributed by atoms with Crippen LogP contribution in [0.5, 0.6) is 0 Å². The molecule has 0 bridgehead atoms. The van der Waals surface area contributed by atoms with E-state index in [0.29, 0.717) is 0 Å². The number of likely N-dealkylation sites (N-methyl/N-ethyl adjacent to an activating group) is 1. The van der Waals surface area contributed by atoms with Gasteiger partial charge in [0.15, 0.2) is 17.1 Å². The largest absolute Gasteiger partial charge is 0.462 e. The van der Waals surface area contributed by atoms with Gasteiger partial charge in [0, 0.05) is 68.1 Å². The second-order valence-electron chi connectivity index (χ2n) is 17.7. The quantitative estimate of drug-likeness (QED) is 0.230. The number of hydrogen-bond donors (Lipinski definition) is 2. The molecule has 2 N–H and O–H groups in total. The van der Waals surface area contributed by atoms with E-state index in [1.54, 1.807) is 20.9 Å². The van der Waals surface area contributed by atoms with Gasteiger partial charge in [0.25, 0.3) is 0 Å². The Kier molecular flexibility index (Phi) is 7.27. The molecule has 8 rings (SSSR count). The van der Waals surface area contributed by atoms with Crippen LogP contribution in [0.2, 0.25) is 0 Å². The maximum atomic E-state index is 14.6. The van der Waals surface area contributed by atoms with Gasteiger partial charge in [-0.1, -0.05) is 27.7 Å². The number of ketones is 1. The van der Waals surface area contributed by atoms with Crippen LogP contribution in [0.15, 0.2) is 0 Å². The molecule has 286 valence electrons. The molecule has 3 heterocycles. The van der Waals surface area contributed by atoms with E-state index < -0.39 is 147 Å². The van der Waals surface area contributed by atoms with Gasteiger partial charge < -0.3 is 38.6 Å². The molecule has 15 nitrogen and oxygen atoms in total. The molecule has 0 radical (unpaired) electrons. The number of hydrogen-bond acceptors (Lipinski definition) is 15. The van der Waals surface area contributed by atoms with Gasteiger partial charge in [-0.2, -0.15) is 0 Å². The number of carbonyl (C=O) groups excluding carboxylic acids is 6. The molecule has 21 atom stereocenters. The van der Waals surface area contributed by atoms with Crippen molar-refractivity contribution in [1.82, 2.24) is 4.90 Å². The number of carbonyl (C=O) groups is 6. The molecule has 0 aromatic carbocycles. The van der Waals surface area contributed by atoms with E-state index in [4.69, 9.17) is 28.4 Å². The summed E-state index contributed by atoms with van der Waals surface area (Å²) in [6.45, 7) is 13.7. The van der Waals surface area contributed by atoms with E-state index in [9.17, 15) is 39.0 Å². The van der Waals surface area contributed by atoms with Crippen LogP contribution in [-0.2, 0) is 57.2 Å². The zero-order chi connectivity index (χ0) is 38.2. The minimum Gasteiger partial charge on any atom is -0.462 e. The van der Waals surface area contributed by atoms with Gasteiger partial charge in [-0.25, -0.2) is 4.79 Å². The molecule has 15 heteroatoms. The molecule has 8 aliphatic rings. The third-order valence-corrected chi connectivity index (χ3v) is 15.7. The monoisotopic (exact) mass is 731 g/mol. The summed E-state index contributed by atoms with van der Waals surface area (Å²) in [7, 11) is 1.80. The van der Waals surface area contributed by atoms with Gasteiger partial charge >= 0.3 is 29.8 Å². The molecule has 8 fully saturated rings. The third-order valence-electron chi connectivity index (χ3n) is 15.7. The molecule has 0 aromatic rings. The molecule has 3 saturated heterocycles. The van der Waals surface area contributed by atoms with Crippen LogP contribution >= 0.6 is 0 Å². The highest BCUT2D eigenvalue weighted by atomic mass is 16.6. The van der Waals surface area contributed by atoms with Crippen molar-refractivity contribution in [2.75, 3.05) is 7.05 Å². The van der Waals surface area contributed by atoms with Gasteiger partial charge in [0.05, 0.1) is 17.6 Å². The van der Waals surface area contributed by atoms with Gasteiger partial charge in [-0.3, -0.25) is 28.9 Å². The van der Waals surface area contributed by atoms with Gasteiger partial charge in [-0.15, -0.1) is 0 Å². The summed E-state index contributed by atoms with van der Waals surface area (Å²) in [6.07, 6.45) is -7.11. The summed E-state index contributed by atoms with van der Waals surface area (Å²) in [5.41, 5.74) is -7.44. The Morgan fingerprint density at radius 1 is 0.788 bits per heavy atom. The van der Waals surface area contributed by atoms with Gasteiger partial charge in [0.2, 0.25) is 0 Å². The fraction of sp³-hybridized carbons (Fsp3) is 0.838. The Balaban J connectivity index is 1.42. The molecule has 5 saturated carbocycles. The standard InChI is InChI=1S/C37H49NO14/c1-12-20-23(35(8)36(9,46)32(45)52-37(35)29(12)38(37)10)27(47-13(2)39)21-19-22(28(48-14(3)40)31(34(20,21)7)50-16(5)42)33(6)17(24(43)25(19)44)11-18-26(51-18)30(33)49-15(4)41/h12,17-23,25-31,44,46H,11H2,1-10H3/t12-,17+,18-,19?,20-,21+,22?,23-,25+,26-,27+,28-,29+,30-,31-,33-,34+,35-,36+,37-,38?/m0/s1. The third kappa shape index (κ3) is 3.86. The first-order chi connectivity index (χ1) is 24.1. The van der Waals surface area contributed by atoms with Crippen molar-refractivity contribution < 1.29 is 67.4 Å². The van der Waals surface area contributed by atoms with Crippen LogP contribution in [0, 0.1) is 57.7 Å². The molecule has 5 aliphatic carbocycles. The Hall–Kier alpha value is -3.14. The SMILES string of the molecule is CC(=O)O[C@H]1[C@@H]2[C@H]([C@H](C)[C@H]3N(C)[C@]34OC(=O)[C@@](C)(O)[C@]24C)[C@]2(C)[C@@H]1C1C([C@H](OC(C)=O)[C@@H]2OC(C)=O)[C@]2(C)[C@H](C[C@@H]3O[C@@H]3[C@@H]2OC(C)=O)C(=O)[C@@H]1O. The number of Topliss-reactive ketones (excluding diaryl/α,β-unsaturated/α-hetero) is 1. The van der Waals surface area contributed by atoms with Crippen molar-refractivity contribution in [2.45, 2.75) is 129 Å². The predicted molar refractivity (Wildman–Crippen MR) is 172 cm³/mol. The van der Waals surface area contributed by atoms with E-state index in [1.165, 1.54) is 34.6 Å². The molecular formula is C37H49NO14. The van der Waals surface area contributed by atoms with Crippen LogP contribution < -0.4 is 0 Å². The number of rotatable bonds is 4. The first-order valence-electron chi connectivity index (χ1n) is 18.3. The number of likely N-dealkylation sites (tertiary alicyclic amines) is 1. The van der Waals surface area contributed by atoms with E-state index >= 15 is 0 Å². The van der Waals surface area contributed by atoms with Gasteiger partial charge in [-0.05, 0) is 32.2 Å². The zero-order valence-corrected chi connectivity index (χ0v) is 31.1. The lowest BCUT2D eigenvalue weighted by Gasteiger charge is -2.65. The Morgan fingerprint density at radius 2 is 1.33 bits per heavy atom. The number of epoxide rings is 1. The number of nitrogens with zero attached hydrogens (tertiary/aromatic N) is 1. The minimum absolute atomic E-state index is 0.220. The number of aliphatic hydroxyl groups is 2. The topological polar surface area (TPSA) is 205 Å². The van der Waals surface area contributed by atoms with Crippen molar-refractivity contribution in [3.63, 3.8) is 0 Å². The normalized spacial score (nSPS) is 57.2. The van der Waals surface area contributed by atoms with Crippen LogP contribution in [0.25, 0.3) is 0 Å². The summed E-state index contributed by atoms with van der Waals surface area (Å²) in [5, 5.41) is 24.6. The summed E-state index contributed by atoms with van der Waals surface area (Å²) >= 11 is 0. The average Bonchev–Trinajstić information content (AvgIpc) is 3.89. The van der Waals surface area contributed by atoms with E-state index in [2.05, 4.69) is 0 Å². The summed E-state index contributed by atoms with van der Waals surface area (Å²) in [6, 6.07) is -0.413. The van der Waals surface area contributed by atoms with E-state index in [0.717, 1.165) is 0 Å². The molecule has 52 heavy (non-hydrogen) atoms. The number of esters is 5. The summed E-state index contributed by atoms with van der Waals surface area (Å²) in [5.74, 6) is -9.87. The van der Waals surface area contributed by atoms with Crippen LogP contribution in [0.3, 0.4) is 0 Å². The zero-order valence-electron chi connectivity index (χ0n) is 31.1. The Morgan fingerprint density at radius 3 is 1.90 bits per heavy atom. The summed E-state index contributed by atoms with van der Waals surface area (Å²) in [4.78, 5) is 82.5. The second-order valence-corrected chi connectivity index (χ2v) is 17.7. The van der Waals surface area contributed by atoms with Crippen molar-refractivity contribution in [3.8, 4) is 0 Å². The molecule has 3 aliphatic heterocycles. The lowest BCUT2D eigenvalue weighted by molar-refractivity contribution is -0.273. The minimum atomic E-state index is -2.09. The maximum Gasteiger partial charge on any atom is 0.340 e. The average molecular weight is 732 g/mol. The van der Waals surface area contributed by atoms with Gasteiger partial charge in [0.1, 0.15) is 36.6 Å². The highest BCUT2D eigenvalue weighted by Crippen LogP contribution is 2.81. The van der Waals surface area contributed by atoms with Crippen molar-refractivity contribution in [3.05, 3.63) is 0 Å². The Labute approximate surface area is 301 Å². The maximum absolute atomic E-state index is 14.6. The molecule has 0 amide bonds. The summed E-state index contributed by atoms with van der Waals surface area (Å²) < 4.78 is 36.9. The fourth-order valence-corrected chi connectivity index (χ4v) is 14.0. The highest BCUT2D eigenvalue weighted by Gasteiger charge is 2.94. The van der Waals surface area contributed by atoms with Crippen molar-refractivity contribution >= 4 is 35.6 Å². The molecule has 3 unspecified atom stereocenters. The second kappa shape index (κ2) is 10.5. The van der Waals surface area contributed by atoms with Crippen LogP contribution in [0.4, 0.5) is 0 Å². The van der Waals surface area contributed by atoms with Crippen molar-refractivity contribution in [1.29, 1.82) is 0 Å². The Bertz CT molecular complexity index is 1700. The lowest BCUT2D eigenvalue weighted by atomic mass is 9.41. The molecule has 0 aromatic heterocycles. The molecular weight excluding hydrogens is 682 g/mol. The van der Waals surface area contributed by atoms with Crippen LogP contribution in [0.1, 0.15) is 68.7 Å². The first-order valence-corrected chi connectivity index (χ1v) is 18.3. The number of ether oxygens (including phenoxy) is 6. The number of aliphatic hydroxyl groups excluding tert-OH is 1. The van der Waals surface area contributed by atoms with Crippen LogP contribution in [-0.4, -0.2) is 118 Å². The predicted octanol–water partition coefficient (Wildman–Crippen LogP) is 0.539. The van der Waals surface area contributed by atoms with E-state index in [1.807, 2.05) is 18.7 Å². The first kappa shape index (κ1) is 35.9. The fourth-order valence-electron chi connectivity index (χ4n) is 14.0. The lowest BCUT2D eigenvalue weighted by Crippen LogP contribution is -2.74. The number of fused-ring (bicyclic) bond motifs is 9.